The lowest BCUT2D eigenvalue weighted by Crippen LogP contribution is -2.23. The molecule has 0 saturated heterocycles. The Morgan fingerprint density at radius 1 is 1.23 bits per heavy atom. The average Bonchev–Trinajstić information content (AvgIpc) is 3.19. The van der Waals surface area contributed by atoms with Crippen LogP contribution < -0.4 is 9.46 Å². The van der Waals surface area contributed by atoms with E-state index in [-0.39, 0.29) is 17.5 Å². The normalized spacial score (nSPS) is 16.0. The van der Waals surface area contributed by atoms with Crippen LogP contribution in [0.5, 0.6) is 5.75 Å². The van der Waals surface area contributed by atoms with Gasteiger partial charge in [0, 0.05) is 0 Å². The molecule has 1 aromatic heterocycles. The van der Waals surface area contributed by atoms with Gasteiger partial charge in [-0.1, -0.05) is 0 Å². The van der Waals surface area contributed by atoms with E-state index in [4.69, 9.17) is 9.15 Å². The summed E-state index contributed by atoms with van der Waals surface area (Å²) in [7, 11) is -3.57. The summed E-state index contributed by atoms with van der Waals surface area (Å²) in [4.78, 5) is 4.07. The summed E-state index contributed by atoms with van der Waals surface area (Å²) < 4.78 is 37.5. The molecular formula is C15H18N2O4S. The lowest BCUT2D eigenvalue weighted by molar-refractivity contribution is 0.210. The van der Waals surface area contributed by atoms with Gasteiger partial charge in [0.05, 0.1) is 23.2 Å². The molecule has 0 spiro atoms. The lowest BCUT2D eigenvalue weighted by Gasteiger charge is -2.13. The van der Waals surface area contributed by atoms with E-state index in [2.05, 4.69) is 9.71 Å². The summed E-state index contributed by atoms with van der Waals surface area (Å²) >= 11 is 0. The minimum atomic E-state index is -3.57. The van der Waals surface area contributed by atoms with Gasteiger partial charge in [-0.15, -0.1) is 0 Å². The molecule has 1 aliphatic carbocycles. The third-order valence-corrected chi connectivity index (χ3v) is 5.08. The number of benzene rings is 1. The predicted octanol–water partition coefficient (Wildman–Crippen LogP) is 2.47. The van der Waals surface area contributed by atoms with E-state index in [0.29, 0.717) is 11.4 Å². The van der Waals surface area contributed by atoms with Crippen LogP contribution in [-0.4, -0.2) is 19.5 Å². The third kappa shape index (κ3) is 3.66. The molecule has 1 heterocycles. The maximum Gasteiger partial charge on any atom is 0.240 e. The largest absolute Gasteiger partial charge is 0.490 e. The van der Waals surface area contributed by atoms with Crippen LogP contribution in [-0.2, 0) is 16.6 Å². The van der Waals surface area contributed by atoms with Crippen LogP contribution in [0, 0.1) is 0 Å². The zero-order valence-corrected chi connectivity index (χ0v) is 12.9. The zero-order valence-electron chi connectivity index (χ0n) is 12.1. The highest BCUT2D eigenvalue weighted by atomic mass is 32.2. The van der Waals surface area contributed by atoms with Crippen molar-refractivity contribution in [2.24, 2.45) is 0 Å². The Labute approximate surface area is 129 Å². The van der Waals surface area contributed by atoms with E-state index in [1.54, 1.807) is 24.3 Å². The Hall–Kier alpha value is -1.86. The van der Waals surface area contributed by atoms with E-state index in [9.17, 15) is 8.42 Å². The van der Waals surface area contributed by atoms with Crippen LogP contribution in [0.3, 0.4) is 0 Å². The molecule has 0 aliphatic heterocycles. The fourth-order valence-corrected chi connectivity index (χ4v) is 3.47. The van der Waals surface area contributed by atoms with Crippen molar-refractivity contribution in [2.75, 3.05) is 0 Å². The predicted molar refractivity (Wildman–Crippen MR) is 79.9 cm³/mol. The van der Waals surface area contributed by atoms with Gasteiger partial charge in [0.25, 0.3) is 0 Å². The lowest BCUT2D eigenvalue weighted by atomic mass is 10.3. The summed E-state index contributed by atoms with van der Waals surface area (Å²) in [5.41, 5.74) is 0.532. The highest BCUT2D eigenvalue weighted by molar-refractivity contribution is 7.89. The van der Waals surface area contributed by atoms with Crippen molar-refractivity contribution in [1.82, 2.24) is 9.71 Å². The van der Waals surface area contributed by atoms with Crippen molar-refractivity contribution in [3.63, 3.8) is 0 Å². The second-order valence-corrected chi connectivity index (χ2v) is 7.07. The van der Waals surface area contributed by atoms with E-state index < -0.39 is 10.0 Å². The Bertz CT molecular complexity index is 690. The fourth-order valence-electron chi connectivity index (χ4n) is 2.47. The van der Waals surface area contributed by atoms with Crippen molar-refractivity contribution >= 4 is 10.0 Å². The monoisotopic (exact) mass is 322 g/mol. The number of hydrogen-bond donors (Lipinski definition) is 1. The number of sulfonamides is 1. The number of nitrogens with one attached hydrogen (secondary N) is 1. The van der Waals surface area contributed by atoms with Gasteiger partial charge >= 0.3 is 0 Å². The Kier molecular flexibility index (Phi) is 4.44. The van der Waals surface area contributed by atoms with Gasteiger partial charge in [0.1, 0.15) is 12.0 Å². The first-order chi connectivity index (χ1) is 10.6. The fraction of sp³-hybridized carbons (Fsp3) is 0.400. The van der Waals surface area contributed by atoms with Crippen molar-refractivity contribution in [1.29, 1.82) is 0 Å². The van der Waals surface area contributed by atoms with Gasteiger partial charge in [0.2, 0.25) is 10.0 Å². The summed E-state index contributed by atoms with van der Waals surface area (Å²) in [5, 5.41) is 0. The number of hydrogen-bond acceptors (Lipinski definition) is 5. The number of aromatic nitrogens is 1. The maximum absolute atomic E-state index is 12.2. The first-order valence-electron chi connectivity index (χ1n) is 7.27. The molecule has 22 heavy (non-hydrogen) atoms. The molecule has 2 aromatic rings. The van der Waals surface area contributed by atoms with Crippen molar-refractivity contribution in [2.45, 2.75) is 43.2 Å². The molecule has 0 bridgehead atoms. The smallest absolute Gasteiger partial charge is 0.240 e. The van der Waals surface area contributed by atoms with Gasteiger partial charge in [0.15, 0.2) is 6.39 Å². The van der Waals surface area contributed by atoms with Crippen molar-refractivity contribution in [3.05, 3.63) is 42.6 Å². The van der Waals surface area contributed by atoms with Crippen LogP contribution in [0.1, 0.15) is 31.4 Å². The number of nitrogens with zero attached hydrogens (tertiary/aromatic N) is 1. The summed E-state index contributed by atoms with van der Waals surface area (Å²) in [6.07, 6.45) is 7.46. The average molecular weight is 322 g/mol. The quantitative estimate of drug-likeness (QED) is 0.883. The zero-order chi connectivity index (χ0) is 15.4. The van der Waals surface area contributed by atoms with Crippen molar-refractivity contribution < 1.29 is 17.6 Å². The molecule has 0 unspecified atom stereocenters. The topological polar surface area (TPSA) is 81.4 Å². The van der Waals surface area contributed by atoms with E-state index >= 15 is 0 Å². The molecule has 1 N–H and O–H groups in total. The summed E-state index contributed by atoms with van der Waals surface area (Å²) in [6, 6.07) is 6.50. The molecule has 6 nitrogen and oxygen atoms in total. The van der Waals surface area contributed by atoms with E-state index in [1.807, 2.05) is 0 Å². The SMILES string of the molecule is O=S(=O)(NCc1cocn1)c1ccc(OC2CCCC2)cc1. The van der Waals surface area contributed by atoms with Crippen LogP contribution in [0.25, 0.3) is 0 Å². The molecule has 118 valence electrons. The molecule has 0 amide bonds. The molecule has 1 aliphatic rings. The van der Waals surface area contributed by atoms with Gasteiger partial charge in [-0.3, -0.25) is 0 Å². The van der Waals surface area contributed by atoms with Crippen LogP contribution in [0.2, 0.25) is 0 Å². The Balaban J connectivity index is 1.63. The second kappa shape index (κ2) is 6.50. The number of ether oxygens (including phenoxy) is 1. The molecule has 1 aromatic carbocycles. The number of oxazole rings is 1. The minimum Gasteiger partial charge on any atom is -0.490 e. The van der Waals surface area contributed by atoms with Crippen LogP contribution >= 0.6 is 0 Å². The van der Waals surface area contributed by atoms with Crippen molar-refractivity contribution in [3.8, 4) is 5.75 Å². The molecule has 3 rings (SSSR count). The highest BCUT2D eigenvalue weighted by Crippen LogP contribution is 2.24. The number of rotatable bonds is 6. The molecule has 7 heteroatoms. The second-order valence-electron chi connectivity index (χ2n) is 5.30. The highest BCUT2D eigenvalue weighted by Gasteiger charge is 2.18. The first kappa shape index (κ1) is 15.1. The van der Waals surface area contributed by atoms with Gasteiger partial charge in [-0.05, 0) is 49.9 Å². The summed E-state index contributed by atoms with van der Waals surface area (Å²) in [6.45, 7) is 0.0964. The maximum atomic E-state index is 12.2. The molecular weight excluding hydrogens is 304 g/mol. The Morgan fingerprint density at radius 3 is 2.59 bits per heavy atom. The third-order valence-electron chi connectivity index (χ3n) is 3.67. The minimum absolute atomic E-state index is 0.0964. The van der Waals surface area contributed by atoms with Crippen LogP contribution in [0.4, 0.5) is 0 Å². The van der Waals surface area contributed by atoms with Gasteiger partial charge in [-0.2, -0.15) is 0 Å². The van der Waals surface area contributed by atoms with Gasteiger partial charge < -0.3 is 9.15 Å². The molecule has 1 saturated carbocycles. The molecule has 0 radical (unpaired) electrons. The molecule has 0 atom stereocenters. The Morgan fingerprint density at radius 2 is 1.95 bits per heavy atom. The van der Waals surface area contributed by atoms with E-state index in [1.165, 1.54) is 25.5 Å². The first-order valence-corrected chi connectivity index (χ1v) is 8.75. The van der Waals surface area contributed by atoms with Gasteiger partial charge in [-0.25, -0.2) is 18.1 Å². The van der Waals surface area contributed by atoms with Crippen LogP contribution in [0.15, 0.2) is 46.2 Å². The standard InChI is InChI=1S/C15H18N2O4S/c18-22(19,17-9-12-10-20-11-16-12)15-7-5-14(6-8-15)21-13-3-1-2-4-13/h5-8,10-11,13,17H,1-4,9H2. The molecule has 1 fully saturated rings. The summed E-state index contributed by atoms with van der Waals surface area (Å²) in [5.74, 6) is 0.711. The van der Waals surface area contributed by atoms with E-state index in [0.717, 1.165) is 12.8 Å².